The van der Waals surface area contributed by atoms with Crippen molar-refractivity contribution in [3.63, 3.8) is 0 Å². The normalized spacial score (nSPS) is 26.4. The zero-order chi connectivity index (χ0) is 42.4. The summed E-state index contributed by atoms with van der Waals surface area (Å²) in [5.41, 5.74) is -0.128. The molecule has 8 heterocycles. The van der Waals surface area contributed by atoms with Gasteiger partial charge in [0.25, 0.3) is 11.1 Å². The maximum Gasteiger partial charge on any atom is 0.332 e. The van der Waals surface area contributed by atoms with Crippen molar-refractivity contribution >= 4 is 35.7 Å². The van der Waals surface area contributed by atoms with E-state index in [1.54, 1.807) is 48.5 Å². The van der Waals surface area contributed by atoms with Crippen molar-refractivity contribution in [3.05, 3.63) is 104 Å². The predicted octanol–water partition coefficient (Wildman–Crippen LogP) is 1.41. The molecule has 0 spiro atoms. The molecule has 0 unspecified atom stereocenters. The van der Waals surface area contributed by atoms with Crippen LogP contribution in [0.2, 0.25) is 0 Å². The van der Waals surface area contributed by atoms with E-state index in [0.717, 1.165) is 43.8 Å². The second-order valence-electron chi connectivity index (χ2n) is 18.1. The molecule has 6 aliphatic rings. The lowest BCUT2D eigenvalue weighted by Gasteiger charge is -2.48. The van der Waals surface area contributed by atoms with E-state index in [1.165, 1.54) is 28.2 Å². The molecule has 314 valence electrons. The van der Waals surface area contributed by atoms with Crippen molar-refractivity contribution in [2.24, 2.45) is 22.7 Å². The number of imide groups is 4. The van der Waals surface area contributed by atoms with Crippen LogP contribution in [0, 0.1) is 22.7 Å². The summed E-state index contributed by atoms with van der Waals surface area (Å²) in [4.78, 5) is 117. The van der Waals surface area contributed by atoms with Crippen molar-refractivity contribution < 1.29 is 28.8 Å². The Kier molecular flexibility index (Phi) is 9.58. The van der Waals surface area contributed by atoms with Crippen molar-refractivity contribution in [1.82, 2.24) is 38.5 Å². The van der Waals surface area contributed by atoms with Gasteiger partial charge in [-0.15, -0.1) is 0 Å². The van der Waals surface area contributed by atoms with E-state index in [1.807, 2.05) is 21.3 Å². The molecule has 4 bridgehead atoms. The molecule has 9 rings (SSSR count). The van der Waals surface area contributed by atoms with Gasteiger partial charge in [0.1, 0.15) is 10.8 Å². The second-order valence-corrected chi connectivity index (χ2v) is 18.1. The van der Waals surface area contributed by atoms with Gasteiger partial charge in [-0.25, -0.2) is 9.59 Å². The third-order valence-corrected chi connectivity index (χ3v) is 14.1. The van der Waals surface area contributed by atoms with E-state index >= 15 is 0 Å². The summed E-state index contributed by atoms with van der Waals surface area (Å²) in [6, 6.07) is 16.4. The molecule has 60 heavy (non-hydrogen) atoms. The first kappa shape index (κ1) is 39.7. The molecule has 4 fully saturated rings. The van der Waals surface area contributed by atoms with Crippen LogP contribution in [0.25, 0.3) is 0 Å². The molecule has 16 nitrogen and oxygen atoms in total. The first-order valence-electron chi connectivity index (χ1n) is 20.7. The van der Waals surface area contributed by atoms with Gasteiger partial charge in [-0.2, -0.15) is 0 Å². The number of fused-ring (bicyclic) bond motifs is 8. The van der Waals surface area contributed by atoms with Crippen LogP contribution < -0.4 is 11.1 Å². The van der Waals surface area contributed by atoms with Crippen LogP contribution in [0.1, 0.15) is 47.2 Å². The third-order valence-electron chi connectivity index (χ3n) is 14.1. The van der Waals surface area contributed by atoms with Crippen molar-refractivity contribution in [2.75, 3.05) is 67.5 Å². The summed E-state index contributed by atoms with van der Waals surface area (Å²) in [5.74, 6) is -1.95. The fourth-order valence-corrected chi connectivity index (χ4v) is 11.4. The molecular weight excluding hydrogens is 769 g/mol. The van der Waals surface area contributed by atoms with Crippen molar-refractivity contribution in [1.29, 1.82) is 0 Å². The summed E-state index contributed by atoms with van der Waals surface area (Å²) in [6.07, 6.45) is 1.79. The monoisotopic (exact) mass is 818 g/mol. The Bertz CT molecular complexity index is 2240. The molecule has 0 aliphatic carbocycles. The van der Waals surface area contributed by atoms with Crippen LogP contribution in [0.3, 0.4) is 0 Å². The zero-order valence-electron chi connectivity index (χ0n) is 34.4. The average Bonchev–Trinajstić information content (AvgIpc) is 3.23. The lowest BCUT2D eigenvalue weighted by atomic mass is 9.74. The number of carbonyl (C=O) groups excluding carboxylic acids is 6. The number of hydrogen-bond acceptors (Lipinski definition) is 10. The Morgan fingerprint density at radius 2 is 0.817 bits per heavy atom. The van der Waals surface area contributed by atoms with Gasteiger partial charge in [0.05, 0.1) is 0 Å². The maximum atomic E-state index is 14.3. The highest BCUT2D eigenvalue weighted by molar-refractivity contribution is 6.20. The molecule has 3 aromatic rings. The van der Waals surface area contributed by atoms with Gasteiger partial charge in [-0.1, -0.05) is 36.4 Å². The van der Waals surface area contributed by atoms with E-state index in [9.17, 15) is 38.4 Å². The van der Waals surface area contributed by atoms with Gasteiger partial charge in [-0.3, -0.25) is 48.4 Å². The molecule has 6 aliphatic heterocycles. The highest BCUT2D eigenvalue weighted by atomic mass is 16.2. The summed E-state index contributed by atoms with van der Waals surface area (Å²) in [5, 5.41) is 0. The van der Waals surface area contributed by atoms with Crippen LogP contribution in [-0.2, 0) is 45.1 Å². The molecule has 1 aromatic carbocycles. The Morgan fingerprint density at radius 1 is 0.467 bits per heavy atom. The minimum Gasteiger partial charge on any atom is -0.312 e. The molecule has 4 atom stereocenters. The highest BCUT2D eigenvalue weighted by Gasteiger charge is 2.58. The number of piperidine rings is 2. The summed E-state index contributed by atoms with van der Waals surface area (Å²) < 4.78 is 3.66. The van der Waals surface area contributed by atoms with Gasteiger partial charge in [0.15, 0.2) is 0 Å². The Morgan fingerprint density at radius 3 is 1.17 bits per heavy atom. The van der Waals surface area contributed by atoms with Crippen LogP contribution in [0.4, 0.5) is 9.59 Å². The van der Waals surface area contributed by atoms with E-state index in [-0.39, 0.29) is 60.7 Å². The van der Waals surface area contributed by atoms with E-state index in [2.05, 4.69) is 9.80 Å². The Hall–Kier alpha value is -5.74. The quantitative estimate of drug-likeness (QED) is 0.304. The first-order chi connectivity index (χ1) is 28.6. The molecule has 0 radical (unpaired) electrons. The first-order valence-corrected chi connectivity index (χ1v) is 20.7. The van der Waals surface area contributed by atoms with E-state index in [0.29, 0.717) is 50.4 Å². The Balaban J connectivity index is 1.00. The van der Waals surface area contributed by atoms with Gasteiger partial charge >= 0.3 is 12.1 Å². The van der Waals surface area contributed by atoms with Crippen LogP contribution in [-0.4, -0.2) is 142 Å². The number of carbonyl (C=O) groups is 6. The molecular formula is C44H50N8O8. The highest BCUT2D eigenvalue weighted by Crippen LogP contribution is 2.42. The Labute approximate surface area is 346 Å². The number of pyridine rings is 2. The van der Waals surface area contributed by atoms with Gasteiger partial charge in [0, 0.05) is 116 Å². The summed E-state index contributed by atoms with van der Waals surface area (Å²) >= 11 is 0. The summed E-state index contributed by atoms with van der Waals surface area (Å²) in [6.45, 7) is 3.51. The average molecular weight is 819 g/mol. The largest absolute Gasteiger partial charge is 0.332 e. The molecule has 0 saturated carbocycles. The van der Waals surface area contributed by atoms with E-state index in [4.69, 9.17) is 0 Å². The lowest BCUT2D eigenvalue weighted by molar-refractivity contribution is -0.160. The standard InChI is InChI=1S/C44H50N8O8/c1-45-37(55)43(38(56)46(2)41(45)59,25-49-19-29-15-31(23-49)33-7-5-9-35(53)51(33)21-29)17-27-11-13-28(14-12-27)18-44(39(57)47(3)42(60)48(4)40(44)58)26-50-20-30-16-32(24-50)34-8-6-10-36(54)52(34)22-30/h5-14,29-32H,15-26H2,1-4H3/t29-,30-,31-,32-/m1/s1. The number of aromatic nitrogens is 2. The van der Waals surface area contributed by atoms with Gasteiger partial charge in [0.2, 0.25) is 23.6 Å². The number of nitrogens with zero attached hydrogens (tertiary/aromatic N) is 8. The minimum atomic E-state index is -1.63. The van der Waals surface area contributed by atoms with Crippen LogP contribution in [0.15, 0.2) is 70.3 Å². The molecule has 8 amide bonds. The molecule has 4 saturated heterocycles. The SMILES string of the molecule is CN1C(=O)N(C)C(=O)C(Cc2ccc(CC3(CN4C[C@H]5C[C@H](C4)c4cccc(=O)n4C5)C(=O)N(C)C(=O)N(C)C3=O)cc2)(CN2C[C@H]3C[C@H](C2)c2cccc(=O)n2C3)C1=O. The van der Waals surface area contributed by atoms with Gasteiger partial charge < -0.3 is 18.9 Å². The van der Waals surface area contributed by atoms with Crippen LogP contribution in [0.5, 0.6) is 0 Å². The molecule has 16 heteroatoms. The topological polar surface area (TPSA) is 166 Å². The summed E-state index contributed by atoms with van der Waals surface area (Å²) in [7, 11) is 5.57. The zero-order valence-corrected chi connectivity index (χ0v) is 34.4. The number of hydrogen-bond donors (Lipinski definition) is 0. The number of likely N-dealkylation sites (tertiary alicyclic amines) is 2. The molecule has 2 aromatic heterocycles. The number of benzene rings is 1. The predicted molar refractivity (Wildman–Crippen MR) is 217 cm³/mol. The number of rotatable bonds is 8. The van der Waals surface area contributed by atoms with Crippen molar-refractivity contribution in [2.45, 2.75) is 50.6 Å². The lowest BCUT2D eigenvalue weighted by Crippen LogP contribution is -2.67. The van der Waals surface area contributed by atoms with E-state index < -0.39 is 46.5 Å². The number of urea groups is 2. The number of barbiturate groups is 2. The van der Waals surface area contributed by atoms with Crippen LogP contribution >= 0.6 is 0 Å². The fraction of sp³-hybridized carbons (Fsp3) is 0.500. The fourth-order valence-electron chi connectivity index (χ4n) is 11.4. The maximum absolute atomic E-state index is 14.3. The van der Waals surface area contributed by atoms with Crippen molar-refractivity contribution in [3.8, 4) is 0 Å². The van der Waals surface area contributed by atoms with Gasteiger partial charge in [-0.05, 0) is 60.8 Å². The number of amides is 8. The molecule has 0 N–H and O–H groups in total. The third kappa shape index (κ3) is 6.25. The minimum absolute atomic E-state index is 0.00111. The smallest absolute Gasteiger partial charge is 0.312 e. The second kappa shape index (κ2) is 14.5.